The molecular weight excluding hydrogens is 714 g/mol. The molecule has 0 radical (unpaired) electrons. The topological polar surface area (TPSA) is 130 Å². The van der Waals surface area contributed by atoms with Crippen molar-refractivity contribution in [3.8, 4) is 22.3 Å². The van der Waals surface area contributed by atoms with Crippen LogP contribution in [0.3, 0.4) is 0 Å². The Labute approximate surface area is 307 Å². The van der Waals surface area contributed by atoms with Gasteiger partial charge in [-0.1, -0.05) is 91.7 Å². The van der Waals surface area contributed by atoms with Gasteiger partial charge in [0.25, 0.3) is 5.91 Å². The number of fused-ring (bicyclic) bond motifs is 3. The SMILES string of the molecule is NC(=O)CCC(NC(=O)c1ccccc1-c1ccc(C(F)(F)F)cc1)C(=O)NCCCCCC1(C(=O)NCC(F)(F)F)c2ccccc2-c2ccccc21. The normalized spacial score (nSPS) is 13.7. The Morgan fingerprint density at radius 1 is 0.685 bits per heavy atom. The number of halogens is 6. The minimum Gasteiger partial charge on any atom is -0.370 e. The molecular formula is C40H38F6N4O4. The van der Waals surface area contributed by atoms with Gasteiger partial charge in [-0.2, -0.15) is 26.3 Å². The van der Waals surface area contributed by atoms with Crippen LogP contribution in [0.1, 0.15) is 65.6 Å². The highest BCUT2D eigenvalue weighted by atomic mass is 19.4. The number of benzene rings is 4. The predicted octanol–water partition coefficient (Wildman–Crippen LogP) is 7.06. The summed E-state index contributed by atoms with van der Waals surface area (Å²) in [6.07, 6.45) is -7.96. The average molecular weight is 753 g/mol. The number of unbranched alkanes of at least 4 members (excludes halogenated alkanes) is 2. The molecule has 8 nitrogen and oxygen atoms in total. The fourth-order valence-corrected chi connectivity index (χ4v) is 6.87. The molecule has 1 unspecified atom stereocenters. The lowest BCUT2D eigenvalue weighted by atomic mass is 9.73. The highest BCUT2D eigenvalue weighted by molar-refractivity contribution is 6.03. The fraction of sp³-hybridized carbons (Fsp3) is 0.300. The van der Waals surface area contributed by atoms with Crippen molar-refractivity contribution in [1.29, 1.82) is 0 Å². The van der Waals surface area contributed by atoms with Crippen molar-refractivity contribution in [3.05, 3.63) is 119 Å². The van der Waals surface area contributed by atoms with Crippen LogP contribution < -0.4 is 21.7 Å². The molecule has 0 fully saturated rings. The molecule has 5 rings (SSSR count). The van der Waals surface area contributed by atoms with Crippen LogP contribution in [0.5, 0.6) is 0 Å². The molecule has 0 spiro atoms. The molecule has 0 saturated heterocycles. The van der Waals surface area contributed by atoms with Crippen LogP contribution in [-0.2, 0) is 26.0 Å². The van der Waals surface area contributed by atoms with Gasteiger partial charge in [-0.05, 0) is 70.8 Å². The van der Waals surface area contributed by atoms with Gasteiger partial charge in [0.1, 0.15) is 18.0 Å². The molecule has 0 saturated carbocycles. The summed E-state index contributed by atoms with van der Waals surface area (Å²) in [5, 5.41) is 7.47. The first-order valence-electron chi connectivity index (χ1n) is 17.3. The van der Waals surface area contributed by atoms with E-state index in [4.69, 9.17) is 5.73 Å². The number of rotatable bonds is 15. The van der Waals surface area contributed by atoms with Crippen LogP contribution in [0.2, 0.25) is 0 Å². The Balaban J connectivity index is 1.23. The maximum Gasteiger partial charge on any atom is 0.416 e. The lowest BCUT2D eigenvalue weighted by molar-refractivity contribution is -0.141. The van der Waals surface area contributed by atoms with Gasteiger partial charge >= 0.3 is 12.4 Å². The number of carbonyl (C=O) groups excluding carboxylic acids is 4. The van der Waals surface area contributed by atoms with E-state index in [0.717, 1.165) is 23.3 Å². The summed E-state index contributed by atoms with van der Waals surface area (Å²) in [7, 11) is 0. The quantitative estimate of drug-likeness (QED) is 0.0766. The first-order valence-corrected chi connectivity index (χ1v) is 17.3. The second-order valence-corrected chi connectivity index (χ2v) is 13.0. The second-order valence-electron chi connectivity index (χ2n) is 13.0. The van der Waals surface area contributed by atoms with Gasteiger partial charge in [0.2, 0.25) is 17.7 Å². The number of hydrogen-bond acceptors (Lipinski definition) is 4. The average Bonchev–Trinajstić information content (AvgIpc) is 3.43. The zero-order valence-electron chi connectivity index (χ0n) is 28.9. The van der Waals surface area contributed by atoms with Crippen molar-refractivity contribution in [3.63, 3.8) is 0 Å². The van der Waals surface area contributed by atoms with Gasteiger partial charge in [-0.3, -0.25) is 19.2 Å². The third kappa shape index (κ3) is 9.10. The molecule has 0 aromatic heterocycles. The summed E-state index contributed by atoms with van der Waals surface area (Å²) in [5.74, 6) is -2.74. The van der Waals surface area contributed by atoms with Crippen LogP contribution in [0.4, 0.5) is 26.3 Å². The Kier molecular flexibility index (Phi) is 12.1. The molecule has 14 heteroatoms. The minimum absolute atomic E-state index is 0.0948. The number of nitrogens with two attached hydrogens (primary N) is 1. The molecule has 1 aliphatic rings. The molecule has 0 bridgehead atoms. The summed E-state index contributed by atoms with van der Waals surface area (Å²) in [5.41, 5.74) is 6.65. The number of carbonyl (C=O) groups is 4. The van der Waals surface area contributed by atoms with Crippen molar-refractivity contribution in [2.45, 2.75) is 62.3 Å². The number of primary amides is 1. The highest BCUT2D eigenvalue weighted by Crippen LogP contribution is 2.51. The maximum atomic E-state index is 13.7. The van der Waals surface area contributed by atoms with E-state index in [9.17, 15) is 45.5 Å². The number of nitrogens with one attached hydrogen (secondary N) is 3. The van der Waals surface area contributed by atoms with Gasteiger partial charge in [0.15, 0.2) is 0 Å². The molecule has 0 heterocycles. The molecule has 5 N–H and O–H groups in total. The first kappa shape index (κ1) is 39.5. The predicted molar refractivity (Wildman–Crippen MR) is 190 cm³/mol. The van der Waals surface area contributed by atoms with Gasteiger partial charge in [0.05, 0.1) is 5.56 Å². The van der Waals surface area contributed by atoms with E-state index in [2.05, 4.69) is 16.0 Å². The van der Waals surface area contributed by atoms with Gasteiger partial charge in [-0.15, -0.1) is 0 Å². The second kappa shape index (κ2) is 16.6. The third-order valence-corrected chi connectivity index (χ3v) is 9.42. The van der Waals surface area contributed by atoms with Crippen LogP contribution in [0.15, 0.2) is 97.1 Å². The molecule has 54 heavy (non-hydrogen) atoms. The van der Waals surface area contributed by atoms with Crippen LogP contribution in [0.25, 0.3) is 22.3 Å². The number of hydrogen-bond donors (Lipinski definition) is 4. The molecule has 4 amide bonds. The maximum absolute atomic E-state index is 13.7. The lowest BCUT2D eigenvalue weighted by Gasteiger charge is -2.31. The molecule has 284 valence electrons. The summed E-state index contributed by atoms with van der Waals surface area (Å²) in [4.78, 5) is 52.0. The summed E-state index contributed by atoms with van der Waals surface area (Å²) >= 11 is 0. The Bertz CT molecular complexity index is 1950. The van der Waals surface area contributed by atoms with Gasteiger partial charge in [0, 0.05) is 18.5 Å². The monoisotopic (exact) mass is 752 g/mol. The molecule has 4 aromatic rings. The summed E-state index contributed by atoms with van der Waals surface area (Å²) < 4.78 is 78.9. The Hall–Kier alpha value is -5.66. The third-order valence-electron chi connectivity index (χ3n) is 9.42. The van der Waals surface area contributed by atoms with Crippen LogP contribution in [-0.4, -0.2) is 48.9 Å². The molecule has 4 aromatic carbocycles. The fourth-order valence-electron chi connectivity index (χ4n) is 6.87. The smallest absolute Gasteiger partial charge is 0.370 e. The van der Waals surface area contributed by atoms with Crippen molar-refractivity contribution in [2.75, 3.05) is 13.1 Å². The van der Waals surface area contributed by atoms with E-state index in [-0.39, 0.29) is 31.4 Å². The largest absolute Gasteiger partial charge is 0.416 e. The lowest BCUT2D eigenvalue weighted by Crippen LogP contribution is -2.47. The first-order chi connectivity index (χ1) is 25.6. The van der Waals surface area contributed by atoms with Crippen molar-refractivity contribution in [2.24, 2.45) is 5.73 Å². The van der Waals surface area contributed by atoms with Gasteiger partial charge in [-0.25, -0.2) is 0 Å². The van der Waals surface area contributed by atoms with Crippen molar-refractivity contribution in [1.82, 2.24) is 16.0 Å². The number of alkyl halides is 6. The van der Waals surface area contributed by atoms with E-state index < -0.39 is 59.5 Å². The highest BCUT2D eigenvalue weighted by Gasteiger charge is 2.49. The van der Waals surface area contributed by atoms with E-state index in [0.29, 0.717) is 41.5 Å². The summed E-state index contributed by atoms with van der Waals surface area (Å²) in [6, 6.07) is 23.6. The zero-order chi connectivity index (χ0) is 39.1. The number of amides is 4. The van der Waals surface area contributed by atoms with E-state index in [1.54, 1.807) is 54.6 Å². The van der Waals surface area contributed by atoms with E-state index >= 15 is 0 Å². The van der Waals surface area contributed by atoms with Crippen LogP contribution >= 0.6 is 0 Å². The van der Waals surface area contributed by atoms with E-state index in [1.165, 1.54) is 18.2 Å². The zero-order valence-corrected chi connectivity index (χ0v) is 28.9. The minimum atomic E-state index is -4.60. The van der Waals surface area contributed by atoms with Crippen molar-refractivity contribution < 1.29 is 45.5 Å². The van der Waals surface area contributed by atoms with Crippen LogP contribution in [0, 0.1) is 0 Å². The molecule has 1 atom stereocenters. The Morgan fingerprint density at radius 2 is 1.26 bits per heavy atom. The van der Waals surface area contributed by atoms with E-state index in [1.807, 2.05) is 12.1 Å². The standard InChI is InChI=1S/C40H38F6N4O4/c41-39(42,43)24-49-37(54)38(31-14-6-4-11-28(31)29-12-5-7-15-32(29)38)22-8-1-9-23-48-36(53)33(20-21-34(47)51)50-35(52)30-13-3-2-10-27(30)25-16-18-26(19-17-25)40(44,45)46/h2-7,10-19,33H,1,8-9,20-24H2,(H2,47,51)(H,48,53)(H,49,54)(H,50,52). The Morgan fingerprint density at radius 3 is 1.83 bits per heavy atom. The summed E-state index contributed by atoms with van der Waals surface area (Å²) in [6.45, 7) is -1.33. The van der Waals surface area contributed by atoms with Crippen molar-refractivity contribution >= 4 is 23.6 Å². The van der Waals surface area contributed by atoms with Gasteiger partial charge < -0.3 is 21.7 Å². The molecule has 1 aliphatic carbocycles. The molecule has 0 aliphatic heterocycles.